The SMILES string of the molecule is COCC(=O)Nc1ccc(OS(=O)(=O)c2ccccc2)cc1NC(=NCc1ccccc1)NC(=O)OC. The van der Waals surface area contributed by atoms with Gasteiger partial charge in [0.25, 0.3) is 0 Å². The minimum atomic E-state index is -4.13. The van der Waals surface area contributed by atoms with Gasteiger partial charge in [0, 0.05) is 13.2 Å². The van der Waals surface area contributed by atoms with Gasteiger partial charge >= 0.3 is 16.2 Å². The quantitative estimate of drug-likeness (QED) is 0.219. The normalized spacial score (nSPS) is 11.4. The maximum Gasteiger partial charge on any atom is 0.413 e. The Bertz CT molecular complexity index is 1350. The second-order valence-electron chi connectivity index (χ2n) is 7.43. The zero-order chi connectivity index (χ0) is 26.7. The van der Waals surface area contributed by atoms with Crippen molar-refractivity contribution >= 4 is 39.5 Å². The molecule has 37 heavy (non-hydrogen) atoms. The summed E-state index contributed by atoms with van der Waals surface area (Å²) < 4.78 is 40.2. The molecule has 0 aliphatic carbocycles. The number of anilines is 2. The minimum absolute atomic E-state index is 0.0130. The van der Waals surface area contributed by atoms with Gasteiger partial charge in [-0.2, -0.15) is 8.42 Å². The number of benzene rings is 3. The van der Waals surface area contributed by atoms with Crippen LogP contribution < -0.4 is 20.1 Å². The molecule has 0 aliphatic rings. The van der Waals surface area contributed by atoms with Crippen LogP contribution in [0.5, 0.6) is 5.75 Å². The van der Waals surface area contributed by atoms with Gasteiger partial charge in [0.15, 0.2) is 0 Å². The van der Waals surface area contributed by atoms with Gasteiger partial charge in [0.1, 0.15) is 17.3 Å². The monoisotopic (exact) mass is 526 g/mol. The number of carbonyl (C=O) groups excluding carboxylic acids is 2. The molecular weight excluding hydrogens is 500 g/mol. The van der Waals surface area contributed by atoms with Crippen LogP contribution in [-0.2, 0) is 30.9 Å². The van der Waals surface area contributed by atoms with E-state index in [-0.39, 0.29) is 41.1 Å². The molecular formula is C25H26N4O7S. The molecule has 12 heteroatoms. The van der Waals surface area contributed by atoms with Gasteiger partial charge in [-0.1, -0.05) is 48.5 Å². The van der Waals surface area contributed by atoms with Crippen molar-refractivity contribution in [3.8, 4) is 5.75 Å². The average Bonchev–Trinajstić information content (AvgIpc) is 2.89. The van der Waals surface area contributed by atoms with Crippen LogP contribution in [0.15, 0.2) is 88.8 Å². The van der Waals surface area contributed by atoms with Crippen LogP contribution >= 0.6 is 0 Å². The number of alkyl carbamates (subject to hydrolysis) is 1. The third kappa shape index (κ3) is 8.33. The van der Waals surface area contributed by atoms with Crippen molar-refractivity contribution in [2.24, 2.45) is 4.99 Å². The summed E-state index contributed by atoms with van der Waals surface area (Å²) in [5.74, 6) is -0.516. The summed E-state index contributed by atoms with van der Waals surface area (Å²) in [5.41, 5.74) is 1.31. The Hall–Kier alpha value is -4.42. The van der Waals surface area contributed by atoms with Crippen molar-refractivity contribution in [3.05, 3.63) is 84.4 Å². The number of methoxy groups -OCH3 is 2. The summed E-state index contributed by atoms with van der Waals surface area (Å²) in [4.78, 5) is 28.5. The number of hydrogen-bond acceptors (Lipinski definition) is 8. The molecule has 194 valence electrons. The molecule has 0 saturated carbocycles. The van der Waals surface area contributed by atoms with Crippen molar-refractivity contribution in [1.82, 2.24) is 5.32 Å². The van der Waals surface area contributed by atoms with E-state index in [0.717, 1.165) is 5.56 Å². The molecule has 2 amide bonds. The molecule has 3 aromatic carbocycles. The lowest BCUT2D eigenvalue weighted by Gasteiger charge is -2.17. The smallest absolute Gasteiger partial charge is 0.413 e. The number of guanidine groups is 1. The Labute approximate surface area is 214 Å². The molecule has 3 N–H and O–H groups in total. The van der Waals surface area contributed by atoms with E-state index < -0.39 is 22.1 Å². The number of nitrogens with one attached hydrogen (secondary N) is 3. The fourth-order valence-corrected chi connectivity index (χ4v) is 3.95. The fraction of sp³-hybridized carbons (Fsp3) is 0.160. The van der Waals surface area contributed by atoms with Crippen LogP contribution in [0.4, 0.5) is 16.2 Å². The molecule has 0 spiro atoms. The Morgan fingerprint density at radius 3 is 2.19 bits per heavy atom. The second kappa shape index (κ2) is 13.0. The highest BCUT2D eigenvalue weighted by Crippen LogP contribution is 2.29. The average molecular weight is 527 g/mol. The standard InChI is InChI=1S/C25H26N4O7S/c1-34-17-23(30)27-21-14-13-19(36-37(32,33)20-11-7-4-8-12-20)15-22(21)28-24(29-25(31)35-2)26-16-18-9-5-3-6-10-18/h3-15H,16-17H2,1-2H3,(H,27,30)(H2,26,28,29,31). The maximum absolute atomic E-state index is 12.7. The highest BCUT2D eigenvalue weighted by molar-refractivity contribution is 7.87. The lowest BCUT2D eigenvalue weighted by Crippen LogP contribution is -2.36. The fourth-order valence-electron chi connectivity index (χ4n) is 3.01. The van der Waals surface area contributed by atoms with Crippen LogP contribution in [-0.4, -0.2) is 47.2 Å². The molecule has 0 aromatic heterocycles. The largest absolute Gasteiger partial charge is 0.453 e. The predicted molar refractivity (Wildman–Crippen MR) is 138 cm³/mol. The molecule has 0 heterocycles. The van der Waals surface area contributed by atoms with E-state index in [1.807, 2.05) is 30.3 Å². The van der Waals surface area contributed by atoms with E-state index in [1.54, 1.807) is 18.2 Å². The third-order valence-electron chi connectivity index (χ3n) is 4.70. The van der Waals surface area contributed by atoms with Gasteiger partial charge < -0.3 is 24.3 Å². The van der Waals surface area contributed by atoms with Crippen molar-refractivity contribution in [3.63, 3.8) is 0 Å². The van der Waals surface area contributed by atoms with Crippen molar-refractivity contribution in [2.45, 2.75) is 11.4 Å². The number of ether oxygens (including phenoxy) is 2. The molecule has 3 aromatic rings. The summed E-state index contributed by atoms with van der Waals surface area (Å²) in [6.45, 7) is -0.00739. The number of amides is 2. The van der Waals surface area contributed by atoms with E-state index >= 15 is 0 Å². The van der Waals surface area contributed by atoms with Gasteiger partial charge in [-0.3, -0.25) is 10.1 Å². The number of nitrogens with zero attached hydrogens (tertiary/aromatic N) is 1. The van der Waals surface area contributed by atoms with E-state index in [1.165, 1.54) is 44.6 Å². The Morgan fingerprint density at radius 2 is 1.54 bits per heavy atom. The highest BCUT2D eigenvalue weighted by Gasteiger charge is 2.18. The van der Waals surface area contributed by atoms with Crippen molar-refractivity contribution in [1.29, 1.82) is 0 Å². The molecule has 0 unspecified atom stereocenters. The number of rotatable bonds is 9. The summed E-state index contributed by atoms with van der Waals surface area (Å²) in [6, 6.07) is 21.1. The van der Waals surface area contributed by atoms with Crippen molar-refractivity contribution < 1.29 is 31.7 Å². The first-order chi connectivity index (χ1) is 17.8. The minimum Gasteiger partial charge on any atom is -0.453 e. The first-order valence-corrected chi connectivity index (χ1v) is 12.3. The molecule has 3 rings (SSSR count). The topological polar surface area (TPSA) is 144 Å². The van der Waals surface area contributed by atoms with Crippen LogP contribution in [0.1, 0.15) is 5.56 Å². The van der Waals surface area contributed by atoms with E-state index in [4.69, 9.17) is 8.92 Å². The zero-order valence-corrected chi connectivity index (χ0v) is 20.9. The van der Waals surface area contributed by atoms with Gasteiger partial charge in [-0.15, -0.1) is 0 Å². The lowest BCUT2D eigenvalue weighted by atomic mass is 10.2. The molecule has 0 saturated heterocycles. The molecule has 0 fully saturated rings. The third-order valence-corrected chi connectivity index (χ3v) is 5.96. The number of hydrogen-bond donors (Lipinski definition) is 3. The first kappa shape index (κ1) is 27.2. The van der Waals surface area contributed by atoms with E-state index in [9.17, 15) is 18.0 Å². The van der Waals surface area contributed by atoms with Gasteiger partial charge in [0.2, 0.25) is 11.9 Å². The molecule has 0 bridgehead atoms. The van der Waals surface area contributed by atoms with E-state index in [0.29, 0.717) is 0 Å². The Kier molecular flexibility index (Phi) is 9.58. The molecule has 0 radical (unpaired) electrons. The van der Waals surface area contributed by atoms with Crippen molar-refractivity contribution in [2.75, 3.05) is 31.5 Å². The molecule has 0 atom stereocenters. The summed E-state index contributed by atoms with van der Waals surface area (Å²) in [7, 11) is -1.56. The molecule has 11 nitrogen and oxygen atoms in total. The van der Waals surface area contributed by atoms with Crippen LogP contribution in [0, 0.1) is 0 Å². The number of carbonyl (C=O) groups is 2. The maximum atomic E-state index is 12.7. The van der Waals surface area contributed by atoms with Crippen LogP contribution in [0.25, 0.3) is 0 Å². The van der Waals surface area contributed by atoms with Gasteiger partial charge in [0.05, 0.1) is 25.0 Å². The summed E-state index contributed by atoms with van der Waals surface area (Å²) >= 11 is 0. The van der Waals surface area contributed by atoms with Crippen LogP contribution in [0.2, 0.25) is 0 Å². The number of aliphatic imine (C=N–C) groups is 1. The lowest BCUT2D eigenvalue weighted by molar-refractivity contribution is -0.119. The highest BCUT2D eigenvalue weighted by atomic mass is 32.2. The van der Waals surface area contributed by atoms with E-state index in [2.05, 4.69) is 25.7 Å². The molecule has 0 aliphatic heterocycles. The second-order valence-corrected chi connectivity index (χ2v) is 8.98. The zero-order valence-electron chi connectivity index (χ0n) is 20.1. The van der Waals surface area contributed by atoms with Crippen LogP contribution in [0.3, 0.4) is 0 Å². The first-order valence-electron chi connectivity index (χ1n) is 10.9. The van der Waals surface area contributed by atoms with Gasteiger partial charge in [-0.05, 0) is 29.8 Å². The predicted octanol–water partition coefficient (Wildman–Crippen LogP) is 3.36. The Morgan fingerprint density at radius 1 is 0.865 bits per heavy atom. The van der Waals surface area contributed by atoms with Gasteiger partial charge in [-0.25, -0.2) is 9.79 Å². The Balaban J connectivity index is 1.95. The summed E-state index contributed by atoms with van der Waals surface area (Å²) in [6.07, 6.45) is -0.789. The summed E-state index contributed by atoms with van der Waals surface area (Å²) in [5, 5.41) is 8.02.